The van der Waals surface area contributed by atoms with Crippen LogP contribution < -0.4 is 0 Å². The Morgan fingerprint density at radius 2 is 2.00 bits per heavy atom. The average molecular weight is 416 g/mol. The van der Waals surface area contributed by atoms with Gasteiger partial charge in [0.2, 0.25) is 5.13 Å². The summed E-state index contributed by atoms with van der Waals surface area (Å²) in [5.41, 5.74) is 1.57. The zero-order valence-corrected chi connectivity index (χ0v) is 17.1. The number of aryl methyl sites for hydroxylation is 1. The highest BCUT2D eigenvalue weighted by atomic mass is 32.2. The van der Waals surface area contributed by atoms with E-state index in [4.69, 9.17) is 0 Å². The van der Waals surface area contributed by atoms with Gasteiger partial charge in [-0.05, 0) is 55.3 Å². The Bertz CT molecular complexity index is 961. The fraction of sp³-hybridized carbons (Fsp3) is 0.350. The molecule has 0 unspecified atom stereocenters. The minimum atomic E-state index is -0.207. The number of phenols is 2. The van der Waals surface area contributed by atoms with Crippen LogP contribution in [0.1, 0.15) is 43.4 Å². The van der Waals surface area contributed by atoms with E-state index in [0.29, 0.717) is 20.8 Å². The molecule has 1 aromatic carbocycles. The molecule has 146 valence electrons. The number of benzene rings is 1. The van der Waals surface area contributed by atoms with E-state index in [9.17, 15) is 15.0 Å². The molecule has 0 spiro atoms. The second-order valence-electron chi connectivity index (χ2n) is 6.99. The van der Waals surface area contributed by atoms with Crippen LogP contribution in [-0.4, -0.2) is 37.2 Å². The van der Waals surface area contributed by atoms with Gasteiger partial charge in [-0.1, -0.05) is 25.3 Å². The highest BCUT2D eigenvalue weighted by Gasteiger charge is 2.38. The number of amides is 1. The van der Waals surface area contributed by atoms with Gasteiger partial charge in [0.25, 0.3) is 5.91 Å². The van der Waals surface area contributed by atoms with Gasteiger partial charge >= 0.3 is 0 Å². The molecule has 1 saturated carbocycles. The van der Waals surface area contributed by atoms with Gasteiger partial charge in [0.15, 0.2) is 16.7 Å². The quantitative estimate of drug-likeness (QED) is 0.555. The molecule has 2 aromatic rings. The van der Waals surface area contributed by atoms with E-state index in [-0.39, 0.29) is 23.4 Å². The Morgan fingerprint density at radius 1 is 1.21 bits per heavy atom. The Kier molecular flexibility index (Phi) is 5.41. The van der Waals surface area contributed by atoms with Gasteiger partial charge in [0, 0.05) is 11.4 Å². The van der Waals surface area contributed by atoms with Crippen LogP contribution in [0.3, 0.4) is 0 Å². The summed E-state index contributed by atoms with van der Waals surface area (Å²) in [6, 6.07) is 4.69. The third-order valence-electron chi connectivity index (χ3n) is 4.87. The number of thiazole rings is 1. The van der Waals surface area contributed by atoms with Crippen molar-refractivity contribution in [2.45, 2.75) is 45.1 Å². The first kappa shape index (κ1) is 19.0. The number of hydrogen-bond acceptors (Lipinski definition) is 7. The number of carbonyl (C=O) groups is 1. The van der Waals surface area contributed by atoms with Crippen LogP contribution >= 0.6 is 23.1 Å². The number of thioether (sulfide) groups is 1. The summed E-state index contributed by atoms with van der Waals surface area (Å²) in [4.78, 5) is 24.7. The van der Waals surface area contributed by atoms with Crippen molar-refractivity contribution in [1.82, 2.24) is 9.88 Å². The molecule has 28 heavy (non-hydrogen) atoms. The zero-order chi connectivity index (χ0) is 19.7. The molecule has 4 rings (SSSR count). The molecule has 6 nitrogen and oxygen atoms in total. The summed E-state index contributed by atoms with van der Waals surface area (Å²) in [6.45, 7) is 1.93. The van der Waals surface area contributed by atoms with Gasteiger partial charge in [0.1, 0.15) is 0 Å². The van der Waals surface area contributed by atoms with Gasteiger partial charge in [0.05, 0.1) is 10.6 Å². The van der Waals surface area contributed by atoms with E-state index >= 15 is 0 Å². The van der Waals surface area contributed by atoms with E-state index in [1.807, 2.05) is 17.2 Å². The number of aromatic nitrogens is 1. The van der Waals surface area contributed by atoms with Gasteiger partial charge in [-0.15, -0.1) is 11.3 Å². The van der Waals surface area contributed by atoms with Crippen LogP contribution in [0.15, 0.2) is 33.5 Å². The van der Waals surface area contributed by atoms with Gasteiger partial charge in [-0.25, -0.2) is 4.98 Å². The normalized spacial score (nSPS) is 21.2. The summed E-state index contributed by atoms with van der Waals surface area (Å²) < 4.78 is 0. The molecule has 1 saturated heterocycles. The monoisotopic (exact) mass is 415 g/mol. The molecule has 0 radical (unpaired) electrons. The summed E-state index contributed by atoms with van der Waals surface area (Å²) in [6.07, 6.45) is 7.14. The topological polar surface area (TPSA) is 86.0 Å². The minimum Gasteiger partial charge on any atom is -0.504 e. The molecular formula is C20H21N3O3S2. The summed E-state index contributed by atoms with van der Waals surface area (Å²) in [5, 5.41) is 22.5. The Hall–Kier alpha value is -2.32. The number of hydrogen-bond donors (Lipinski definition) is 2. The highest BCUT2D eigenvalue weighted by Crippen LogP contribution is 2.39. The molecule has 2 aliphatic rings. The molecule has 2 N–H and O–H groups in total. The average Bonchev–Trinajstić information content (AvgIpc) is 3.22. The number of phenolic OH excluding ortho intramolecular Hbond substituents is 2. The molecule has 8 heteroatoms. The maximum absolute atomic E-state index is 13.2. The first-order valence-corrected chi connectivity index (χ1v) is 11.0. The van der Waals surface area contributed by atoms with Crippen LogP contribution in [0.2, 0.25) is 0 Å². The fourth-order valence-corrected chi connectivity index (χ4v) is 5.24. The predicted molar refractivity (Wildman–Crippen MR) is 113 cm³/mol. The standard InChI is InChI=1S/C20H21N3O3S2/c1-12-11-27-19(21-12)22-20-23(14-5-3-2-4-6-14)18(26)17(28-20)10-13-7-8-15(24)16(25)9-13/h7-11,14,24-25H,2-6H2,1H3/b17-10-,22-20+. The maximum Gasteiger partial charge on any atom is 0.267 e. The zero-order valence-electron chi connectivity index (χ0n) is 15.5. The van der Waals surface area contributed by atoms with Crippen molar-refractivity contribution in [3.63, 3.8) is 0 Å². The molecule has 1 aliphatic carbocycles. The highest BCUT2D eigenvalue weighted by molar-refractivity contribution is 8.18. The van der Waals surface area contributed by atoms with Crippen LogP contribution in [0, 0.1) is 6.92 Å². The molecule has 2 fully saturated rings. The van der Waals surface area contributed by atoms with E-state index in [1.54, 1.807) is 12.1 Å². The first-order valence-electron chi connectivity index (χ1n) is 9.27. The van der Waals surface area contributed by atoms with Crippen molar-refractivity contribution in [2.24, 2.45) is 4.99 Å². The van der Waals surface area contributed by atoms with Crippen LogP contribution in [0.5, 0.6) is 11.5 Å². The number of carbonyl (C=O) groups excluding carboxylic acids is 1. The first-order chi connectivity index (χ1) is 13.5. The number of rotatable bonds is 3. The van der Waals surface area contributed by atoms with Crippen molar-refractivity contribution in [2.75, 3.05) is 0 Å². The Labute approximate surface area is 171 Å². The van der Waals surface area contributed by atoms with Gasteiger partial charge in [-0.2, -0.15) is 4.99 Å². The fourth-order valence-electron chi connectivity index (χ4n) is 3.48. The van der Waals surface area contributed by atoms with Crippen molar-refractivity contribution in [1.29, 1.82) is 0 Å². The predicted octanol–water partition coefficient (Wildman–Crippen LogP) is 4.80. The molecule has 1 aromatic heterocycles. The largest absolute Gasteiger partial charge is 0.504 e. The Morgan fingerprint density at radius 3 is 2.68 bits per heavy atom. The SMILES string of the molecule is Cc1csc(/N=C2/S/C(=C\c3ccc(O)c(O)c3)C(=O)N2C2CCCCC2)n1. The van der Waals surface area contributed by atoms with Crippen LogP contribution in [0.4, 0.5) is 5.13 Å². The van der Waals surface area contributed by atoms with Crippen LogP contribution in [-0.2, 0) is 4.79 Å². The lowest BCUT2D eigenvalue weighted by Gasteiger charge is -2.30. The van der Waals surface area contributed by atoms with Crippen molar-refractivity contribution < 1.29 is 15.0 Å². The number of amidine groups is 1. The lowest BCUT2D eigenvalue weighted by Crippen LogP contribution is -2.40. The summed E-state index contributed by atoms with van der Waals surface area (Å²) in [7, 11) is 0. The molecule has 1 amide bonds. The summed E-state index contributed by atoms with van der Waals surface area (Å²) in [5.74, 6) is -0.449. The van der Waals surface area contributed by atoms with E-state index < -0.39 is 0 Å². The number of nitrogens with zero attached hydrogens (tertiary/aromatic N) is 3. The van der Waals surface area contributed by atoms with Gasteiger partial charge < -0.3 is 10.2 Å². The minimum absolute atomic E-state index is 0.0588. The lowest BCUT2D eigenvalue weighted by atomic mass is 9.94. The molecule has 2 heterocycles. The second-order valence-corrected chi connectivity index (χ2v) is 8.84. The van der Waals surface area contributed by atoms with Crippen molar-refractivity contribution >= 4 is 45.4 Å². The van der Waals surface area contributed by atoms with E-state index in [0.717, 1.165) is 31.4 Å². The van der Waals surface area contributed by atoms with E-state index in [1.165, 1.54) is 41.7 Å². The molecule has 1 aliphatic heterocycles. The van der Waals surface area contributed by atoms with Crippen LogP contribution in [0.25, 0.3) is 6.08 Å². The number of aliphatic imine (C=N–C) groups is 1. The van der Waals surface area contributed by atoms with E-state index in [2.05, 4.69) is 9.98 Å². The molecule has 0 bridgehead atoms. The Balaban J connectivity index is 1.69. The smallest absolute Gasteiger partial charge is 0.267 e. The van der Waals surface area contributed by atoms with Crippen molar-refractivity contribution in [3.05, 3.63) is 39.7 Å². The third-order valence-corrected chi connectivity index (χ3v) is 6.71. The summed E-state index contributed by atoms with van der Waals surface area (Å²) >= 11 is 2.80. The molecular weight excluding hydrogens is 394 g/mol. The van der Waals surface area contributed by atoms with Crippen molar-refractivity contribution in [3.8, 4) is 11.5 Å². The maximum atomic E-state index is 13.2. The second kappa shape index (κ2) is 7.97. The number of aromatic hydroxyl groups is 2. The molecule has 0 atom stereocenters. The van der Waals surface area contributed by atoms with Gasteiger partial charge in [-0.3, -0.25) is 9.69 Å². The lowest BCUT2D eigenvalue weighted by molar-refractivity contribution is -0.124. The third kappa shape index (κ3) is 3.93.